The molecule has 1 aliphatic carbocycles. The zero-order valence-corrected chi connectivity index (χ0v) is 14.3. The van der Waals surface area contributed by atoms with Gasteiger partial charge >= 0.3 is 0 Å². The van der Waals surface area contributed by atoms with E-state index in [1.165, 1.54) is 19.3 Å². The van der Waals surface area contributed by atoms with E-state index in [0.717, 1.165) is 51.9 Å². The van der Waals surface area contributed by atoms with E-state index in [-0.39, 0.29) is 12.0 Å². The van der Waals surface area contributed by atoms with Gasteiger partial charge in [0.05, 0.1) is 0 Å². The molecule has 3 aliphatic rings. The third-order valence-corrected chi connectivity index (χ3v) is 6.10. The van der Waals surface area contributed by atoms with Crippen molar-refractivity contribution in [1.82, 2.24) is 15.2 Å². The van der Waals surface area contributed by atoms with Crippen LogP contribution < -0.4 is 10.1 Å². The van der Waals surface area contributed by atoms with Crippen LogP contribution in [-0.4, -0.2) is 48.1 Å². The van der Waals surface area contributed by atoms with E-state index in [0.29, 0.717) is 16.9 Å². The van der Waals surface area contributed by atoms with Gasteiger partial charge in [-0.3, -0.25) is 4.79 Å². The lowest BCUT2D eigenvalue weighted by atomic mass is 9.71. The number of aromatic nitrogens is 1. The fourth-order valence-electron chi connectivity index (χ4n) is 4.09. The van der Waals surface area contributed by atoms with Crippen molar-refractivity contribution in [2.24, 2.45) is 5.41 Å². The molecule has 2 saturated heterocycles. The monoisotopic (exact) mass is 329 g/mol. The number of amides is 1. The van der Waals surface area contributed by atoms with Crippen molar-refractivity contribution in [1.29, 1.82) is 0 Å². The molecule has 0 aromatic carbocycles. The van der Waals surface area contributed by atoms with Gasteiger partial charge in [-0.05, 0) is 69.5 Å². The van der Waals surface area contributed by atoms with E-state index in [1.807, 2.05) is 17.0 Å². The number of nitrogens with zero attached hydrogens (tertiary/aromatic N) is 2. The molecule has 3 fully saturated rings. The number of carbonyl (C=O) groups excluding carboxylic acids is 1. The van der Waals surface area contributed by atoms with Gasteiger partial charge < -0.3 is 15.0 Å². The predicted molar refractivity (Wildman–Crippen MR) is 92.2 cm³/mol. The average Bonchev–Trinajstić information content (AvgIpc) is 2.59. The molecule has 1 aromatic heterocycles. The summed E-state index contributed by atoms with van der Waals surface area (Å²) in [6.07, 6.45) is 10.2. The SMILES string of the molecule is O=C(c1ccnc(OC2CCC2)c1)N1CCC2(CCNCC2)CC1. The van der Waals surface area contributed by atoms with Gasteiger partial charge in [0.2, 0.25) is 5.88 Å². The Morgan fingerprint density at radius 1 is 1.21 bits per heavy atom. The third-order valence-electron chi connectivity index (χ3n) is 6.10. The first-order chi connectivity index (χ1) is 11.7. The van der Waals surface area contributed by atoms with E-state index in [2.05, 4.69) is 10.3 Å². The molecule has 0 unspecified atom stereocenters. The molecule has 4 rings (SSSR count). The Kier molecular flexibility index (Phi) is 4.44. The van der Waals surface area contributed by atoms with Crippen molar-refractivity contribution < 1.29 is 9.53 Å². The summed E-state index contributed by atoms with van der Waals surface area (Å²) < 4.78 is 5.83. The van der Waals surface area contributed by atoms with E-state index in [4.69, 9.17) is 4.74 Å². The zero-order valence-electron chi connectivity index (χ0n) is 14.3. The molecule has 130 valence electrons. The molecule has 0 atom stereocenters. The summed E-state index contributed by atoms with van der Waals surface area (Å²) in [5.41, 5.74) is 1.18. The van der Waals surface area contributed by atoms with Gasteiger partial charge in [-0.2, -0.15) is 0 Å². The van der Waals surface area contributed by atoms with Crippen LogP contribution >= 0.6 is 0 Å². The van der Waals surface area contributed by atoms with Crippen molar-refractivity contribution in [3.8, 4) is 5.88 Å². The second-order valence-corrected chi connectivity index (χ2v) is 7.60. The zero-order chi connectivity index (χ0) is 16.4. The summed E-state index contributed by atoms with van der Waals surface area (Å²) >= 11 is 0. The largest absolute Gasteiger partial charge is 0.474 e. The Balaban J connectivity index is 1.38. The van der Waals surface area contributed by atoms with Crippen molar-refractivity contribution in [2.75, 3.05) is 26.2 Å². The molecule has 1 amide bonds. The molecular formula is C19H27N3O2. The average molecular weight is 329 g/mol. The predicted octanol–water partition coefficient (Wildman–Crippen LogP) is 2.62. The number of pyridine rings is 1. The Morgan fingerprint density at radius 3 is 2.62 bits per heavy atom. The lowest BCUT2D eigenvalue weighted by Crippen LogP contribution is -2.47. The highest BCUT2D eigenvalue weighted by Gasteiger charge is 2.36. The minimum Gasteiger partial charge on any atom is -0.474 e. The van der Waals surface area contributed by atoms with Crippen LogP contribution in [0.15, 0.2) is 18.3 Å². The molecule has 5 heteroatoms. The van der Waals surface area contributed by atoms with Crippen LogP contribution in [0.5, 0.6) is 5.88 Å². The minimum absolute atomic E-state index is 0.125. The highest BCUT2D eigenvalue weighted by atomic mass is 16.5. The Hall–Kier alpha value is -1.62. The second kappa shape index (κ2) is 6.71. The summed E-state index contributed by atoms with van der Waals surface area (Å²) in [6.45, 7) is 4.00. The number of carbonyl (C=O) groups is 1. The normalized spacial score (nSPS) is 23.8. The number of likely N-dealkylation sites (tertiary alicyclic amines) is 1. The molecule has 3 heterocycles. The molecule has 24 heavy (non-hydrogen) atoms. The Labute approximate surface area is 143 Å². The number of ether oxygens (including phenoxy) is 1. The molecule has 1 spiro atoms. The van der Waals surface area contributed by atoms with Crippen LogP contribution in [0.25, 0.3) is 0 Å². The Bertz CT molecular complexity index is 584. The van der Waals surface area contributed by atoms with E-state index in [9.17, 15) is 4.79 Å². The highest BCUT2D eigenvalue weighted by molar-refractivity contribution is 5.94. The number of piperidine rings is 2. The smallest absolute Gasteiger partial charge is 0.254 e. The summed E-state index contributed by atoms with van der Waals surface area (Å²) in [4.78, 5) is 19.1. The molecule has 0 bridgehead atoms. The molecular weight excluding hydrogens is 302 g/mol. The maximum Gasteiger partial charge on any atom is 0.254 e. The first-order valence-electron chi connectivity index (χ1n) is 9.37. The standard InChI is InChI=1S/C19H27N3O2/c23-18(15-4-9-21-17(14-15)24-16-2-1-3-16)22-12-7-19(8-13-22)5-10-20-11-6-19/h4,9,14,16,20H,1-3,5-8,10-13H2. The molecule has 5 nitrogen and oxygen atoms in total. The van der Waals surface area contributed by atoms with Gasteiger partial charge in [0, 0.05) is 30.9 Å². The van der Waals surface area contributed by atoms with Gasteiger partial charge in [0.15, 0.2) is 0 Å². The van der Waals surface area contributed by atoms with Crippen LogP contribution in [0.4, 0.5) is 0 Å². The van der Waals surface area contributed by atoms with Crippen LogP contribution in [0.3, 0.4) is 0 Å². The Morgan fingerprint density at radius 2 is 1.96 bits per heavy atom. The van der Waals surface area contributed by atoms with E-state index >= 15 is 0 Å². The van der Waals surface area contributed by atoms with E-state index in [1.54, 1.807) is 6.20 Å². The summed E-state index contributed by atoms with van der Waals surface area (Å²) in [5, 5.41) is 3.45. The quantitative estimate of drug-likeness (QED) is 0.926. The van der Waals surface area contributed by atoms with Gasteiger partial charge in [-0.15, -0.1) is 0 Å². The number of hydrogen-bond acceptors (Lipinski definition) is 4. The van der Waals surface area contributed by atoms with Gasteiger partial charge in [-0.25, -0.2) is 4.98 Å². The first kappa shape index (κ1) is 15.9. The van der Waals surface area contributed by atoms with Gasteiger partial charge in [-0.1, -0.05) is 0 Å². The highest BCUT2D eigenvalue weighted by Crippen LogP contribution is 2.39. The fourth-order valence-corrected chi connectivity index (χ4v) is 4.09. The second-order valence-electron chi connectivity index (χ2n) is 7.60. The number of nitrogens with one attached hydrogen (secondary N) is 1. The maximum absolute atomic E-state index is 12.8. The van der Waals surface area contributed by atoms with Crippen molar-refractivity contribution >= 4 is 5.91 Å². The van der Waals surface area contributed by atoms with Gasteiger partial charge in [0.1, 0.15) is 6.10 Å². The summed E-state index contributed by atoms with van der Waals surface area (Å²) in [6, 6.07) is 3.63. The lowest BCUT2D eigenvalue weighted by Gasteiger charge is -2.44. The number of rotatable bonds is 3. The molecule has 1 N–H and O–H groups in total. The maximum atomic E-state index is 12.8. The third kappa shape index (κ3) is 3.27. The van der Waals surface area contributed by atoms with Crippen molar-refractivity contribution in [3.05, 3.63) is 23.9 Å². The van der Waals surface area contributed by atoms with Gasteiger partial charge in [0.25, 0.3) is 5.91 Å². The summed E-state index contributed by atoms with van der Waals surface area (Å²) in [7, 11) is 0. The fraction of sp³-hybridized carbons (Fsp3) is 0.684. The van der Waals surface area contributed by atoms with Crippen molar-refractivity contribution in [3.63, 3.8) is 0 Å². The number of hydrogen-bond donors (Lipinski definition) is 1. The summed E-state index contributed by atoms with van der Waals surface area (Å²) in [5.74, 6) is 0.719. The molecule has 0 radical (unpaired) electrons. The van der Waals surface area contributed by atoms with Crippen LogP contribution in [-0.2, 0) is 0 Å². The van der Waals surface area contributed by atoms with Crippen LogP contribution in [0.2, 0.25) is 0 Å². The topological polar surface area (TPSA) is 54.5 Å². The molecule has 2 aliphatic heterocycles. The van der Waals surface area contributed by atoms with E-state index < -0.39 is 0 Å². The van der Waals surface area contributed by atoms with Crippen LogP contribution in [0, 0.1) is 5.41 Å². The van der Waals surface area contributed by atoms with Crippen molar-refractivity contribution in [2.45, 2.75) is 51.0 Å². The first-order valence-corrected chi connectivity index (χ1v) is 9.37. The molecule has 1 saturated carbocycles. The molecule has 1 aromatic rings. The minimum atomic E-state index is 0.125. The lowest BCUT2D eigenvalue weighted by molar-refractivity contribution is 0.0494. The van der Waals surface area contributed by atoms with Crippen LogP contribution in [0.1, 0.15) is 55.3 Å².